The van der Waals surface area contributed by atoms with Crippen LogP contribution in [0.3, 0.4) is 0 Å². The van der Waals surface area contributed by atoms with Crippen LogP contribution in [0.15, 0.2) is 30.9 Å². The molecule has 0 radical (unpaired) electrons. The molecule has 0 aliphatic heterocycles. The summed E-state index contributed by atoms with van der Waals surface area (Å²) < 4.78 is 0. The summed E-state index contributed by atoms with van der Waals surface area (Å²) in [6.07, 6.45) is 3.72. The quantitative estimate of drug-likeness (QED) is 0.249. The first kappa shape index (κ1) is 14.9. The van der Waals surface area contributed by atoms with Gasteiger partial charge < -0.3 is 4.90 Å². The molecule has 0 N–H and O–H groups in total. The van der Waals surface area contributed by atoms with E-state index in [1.54, 1.807) is 12.1 Å². The summed E-state index contributed by atoms with van der Waals surface area (Å²) in [6.45, 7) is 5.80. The Morgan fingerprint density at radius 3 is 2.74 bits per heavy atom. The van der Waals surface area contributed by atoms with Crippen LogP contribution in [0.2, 0.25) is 0 Å². The lowest BCUT2D eigenvalue weighted by Gasteiger charge is -2.19. The van der Waals surface area contributed by atoms with Crippen LogP contribution in [0.5, 0.6) is 0 Å². The minimum atomic E-state index is -0.530. The Kier molecular flexibility index (Phi) is 5.23. The number of rotatable bonds is 7. The number of nitro groups is 1. The van der Waals surface area contributed by atoms with Crippen molar-refractivity contribution in [2.24, 2.45) is 0 Å². The third kappa shape index (κ3) is 3.91. The normalized spacial score (nSPS) is 10.0. The van der Waals surface area contributed by atoms with E-state index in [0.717, 1.165) is 25.1 Å². The SMILES string of the molecule is C=CCCCN(C)c1ccc([N+](=O)[O-])c(C(C)=O)c1. The van der Waals surface area contributed by atoms with Crippen LogP contribution in [-0.4, -0.2) is 24.3 Å². The van der Waals surface area contributed by atoms with Gasteiger partial charge >= 0.3 is 0 Å². The van der Waals surface area contributed by atoms with Crippen LogP contribution < -0.4 is 4.90 Å². The van der Waals surface area contributed by atoms with Crippen LogP contribution in [-0.2, 0) is 0 Å². The van der Waals surface area contributed by atoms with Gasteiger partial charge in [-0.15, -0.1) is 6.58 Å². The summed E-state index contributed by atoms with van der Waals surface area (Å²) in [5.74, 6) is -0.298. The second-order valence-corrected chi connectivity index (χ2v) is 4.37. The molecule has 0 aliphatic rings. The Labute approximate surface area is 112 Å². The van der Waals surface area contributed by atoms with Crippen molar-refractivity contribution in [1.29, 1.82) is 0 Å². The minimum Gasteiger partial charge on any atom is -0.375 e. The lowest BCUT2D eigenvalue weighted by molar-refractivity contribution is -0.385. The maximum atomic E-state index is 11.5. The zero-order valence-electron chi connectivity index (χ0n) is 11.3. The predicted molar refractivity (Wildman–Crippen MR) is 75.8 cm³/mol. The number of hydrogen-bond acceptors (Lipinski definition) is 4. The molecule has 0 saturated carbocycles. The van der Waals surface area contributed by atoms with Gasteiger partial charge in [-0.05, 0) is 31.9 Å². The Bertz CT molecular complexity index is 497. The fourth-order valence-electron chi connectivity index (χ4n) is 1.80. The number of anilines is 1. The van der Waals surface area contributed by atoms with E-state index in [1.807, 2.05) is 18.0 Å². The number of carbonyl (C=O) groups is 1. The van der Waals surface area contributed by atoms with Gasteiger partial charge in [0.25, 0.3) is 5.69 Å². The lowest BCUT2D eigenvalue weighted by atomic mass is 10.1. The van der Waals surface area contributed by atoms with Gasteiger partial charge in [0.1, 0.15) is 0 Å². The van der Waals surface area contributed by atoms with Gasteiger partial charge in [-0.3, -0.25) is 14.9 Å². The molecule has 0 amide bonds. The van der Waals surface area contributed by atoms with Crippen LogP contribution >= 0.6 is 0 Å². The molecular formula is C14H18N2O3. The largest absolute Gasteiger partial charge is 0.375 e. The Morgan fingerprint density at radius 2 is 2.21 bits per heavy atom. The molecule has 0 atom stereocenters. The first-order chi connectivity index (χ1) is 8.97. The summed E-state index contributed by atoms with van der Waals surface area (Å²) in [7, 11) is 1.90. The van der Waals surface area contributed by atoms with Gasteiger partial charge in [0.05, 0.1) is 10.5 Å². The van der Waals surface area contributed by atoms with E-state index in [2.05, 4.69) is 6.58 Å². The monoisotopic (exact) mass is 262 g/mol. The Morgan fingerprint density at radius 1 is 1.53 bits per heavy atom. The highest BCUT2D eigenvalue weighted by Gasteiger charge is 2.18. The molecule has 19 heavy (non-hydrogen) atoms. The molecular weight excluding hydrogens is 244 g/mol. The number of allylic oxidation sites excluding steroid dienone is 1. The average Bonchev–Trinajstić information content (AvgIpc) is 2.38. The number of nitrogens with zero attached hydrogens (tertiary/aromatic N) is 2. The van der Waals surface area contributed by atoms with E-state index in [9.17, 15) is 14.9 Å². The molecule has 0 aliphatic carbocycles. The zero-order valence-corrected chi connectivity index (χ0v) is 11.3. The van der Waals surface area contributed by atoms with Crippen LogP contribution in [0.25, 0.3) is 0 Å². The molecule has 0 spiro atoms. The molecule has 1 aromatic rings. The summed E-state index contributed by atoms with van der Waals surface area (Å²) >= 11 is 0. The number of unbranched alkanes of at least 4 members (excludes halogenated alkanes) is 1. The highest BCUT2D eigenvalue weighted by molar-refractivity contribution is 5.99. The van der Waals surface area contributed by atoms with E-state index in [-0.39, 0.29) is 17.0 Å². The summed E-state index contributed by atoms with van der Waals surface area (Å²) in [6, 6.07) is 4.63. The summed E-state index contributed by atoms with van der Waals surface area (Å²) in [4.78, 5) is 23.8. The van der Waals surface area contributed by atoms with Gasteiger partial charge in [0.2, 0.25) is 0 Å². The average molecular weight is 262 g/mol. The second kappa shape index (κ2) is 6.68. The van der Waals surface area contributed by atoms with Gasteiger partial charge in [-0.1, -0.05) is 6.08 Å². The summed E-state index contributed by atoms with van der Waals surface area (Å²) in [5.41, 5.74) is 0.814. The standard InChI is InChI=1S/C14H18N2O3/c1-4-5-6-9-15(3)12-7-8-14(16(18)19)13(10-12)11(2)17/h4,7-8,10H,1,5-6,9H2,2-3H3. The molecule has 0 bridgehead atoms. The topological polar surface area (TPSA) is 63.4 Å². The van der Waals surface area contributed by atoms with Gasteiger partial charge in [0.15, 0.2) is 5.78 Å². The maximum Gasteiger partial charge on any atom is 0.280 e. The molecule has 1 aromatic carbocycles. The predicted octanol–water partition coefficient (Wildman–Crippen LogP) is 3.20. The first-order valence-electron chi connectivity index (χ1n) is 6.08. The van der Waals surface area contributed by atoms with Gasteiger partial charge in [-0.25, -0.2) is 0 Å². The van der Waals surface area contributed by atoms with Crippen LogP contribution in [0.1, 0.15) is 30.1 Å². The third-order valence-electron chi connectivity index (χ3n) is 2.90. The van der Waals surface area contributed by atoms with Crippen molar-refractivity contribution in [3.8, 4) is 0 Å². The summed E-state index contributed by atoms with van der Waals surface area (Å²) in [5, 5.41) is 10.8. The van der Waals surface area contributed by atoms with Crippen LogP contribution in [0, 0.1) is 10.1 Å². The number of benzene rings is 1. The first-order valence-corrected chi connectivity index (χ1v) is 6.08. The number of Topliss-reactive ketones (excluding diaryl/α,β-unsaturated/α-hetero) is 1. The van der Waals surface area contributed by atoms with Crippen molar-refractivity contribution < 1.29 is 9.72 Å². The Hall–Kier alpha value is -2.17. The highest BCUT2D eigenvalue weighted by Crippen LogP contribution is 2.25. The molecule has 5 heteroatoms. The van der Waals surface area contributed by atoms with Crippen molar-refractivity contribution in [2.75, 3.05) is 18.5 Å². The van der Waals surface area contributed by atoms with Crippen molar-refractivity contribution >= 4 is 17.2 Å². The number of hydrogen-bond donors (Lipinski definition) is 0. The van der Waals surface area contributed by atoms with Crippen molar-refractivity contribution in [3.63, 3.8) is 0 Å². The van der Waals surface area contributed by atoms with E-state index in [4.69, 9.17) is 0 Å². The molecule has 0 unspecified atom stereocenters. The molecule has 5 nitrogen and oxygen atoms in total. The molecule has 1 rings (SSSR count). The third-order valence-corrected chi connectivity index (χ3v) is 2.90. The van der Waals surface area contributed by atoms with E-state index >= 15 is 0 Å². The molecule has 102 valence electrons. The molecule has 0 aromatic heterocycles. The van der Waals surface area contributed by atoms with E-state index in [0.29, 0.717) is 0 Å². The number of ketones is 1. The second-order valence-electron chi connectivity index (χ2n) is 4.37. The van der Waals surface area contributed by atoms with E-state index < -0.39 is 4.92 Å². The molecule has 0 heterocycles. The van der Waals surface area contributed by atoms with Gasteiger partial charge in [0, 0.05) is 25.3 Å². The molecule has 0 fully saturated rings. The zero-order chi connectivity index (χ0) is 14.4. The van der Waals surface area contributed by atoms with Crippen molar-refractivity contribution in [2.45, 2.75) is 19.8 Å². The smallest absolute Gasteiger partial charge is 0.280 e. The highest BCUT2D eigenvalue weighted by atomic mass is 16.6. The molecule has 0 saturated heterocycles. The van der Waals surface area contributed by atoms with E-state index in [1.165, 1.54) is 13.0 Å². The fourth-order valence-corrected chi connectivity index (χ4v) is 1.80. The maximum absolute atomic E-state index is 11.5. The minimum absolute atomic E-state index is 0.143. The lowest BCUT2D eigenvalue weighted by Crippen LogP contribution is -2.18. The number of nitro benzene ring substituents is 1. The number of carbonyl (C=O) groups excluding carboxylic acids is 1. The van der Waals surface area contributed by atoms with Gasteiger partial charge in [-0.2, -0.15) is 0 Å². The van der Waals surface area contributed by atoms with Crippen molar-refractivity contribution in [3.05, 3.63) is 46.5 Å². The fraction of sp³-hybridized carbons (Fsp3) is 0.357. The van der Waals surface area contributed by atoms with Crippen molar-refractivity contribution in [1.82, 2.24) is 0 Å². The van der Waals surface area contributed by atoms with Crippen LogP contribution in [0.4, 0.5) is 11.4 Å². The Balaban J connectivity index is 2.98.